The number of aliphatic hydroxyl groups excluding tert-OH is 1. The van der Waals surface area contributed by atoms with Crippen LogP contribution in [-0.4, -0.2) is 79.2 Å². The van der Waals surface area contributed by atoms with E-state index in [-0.39, 0.29) is 29.9 Å². The van der Waals surface area contributed by atoms with Crippen molar-refractivity contribution in [2.45, 2.75) is 69.8 Å². The molecule has 0 bridgehead atoms. The molecule has 1 saturated heterocycles. The Bertz CT molecular complexity index is 1460. The maximum absolute atomic E-state index is 13.1. The maximum atomic E-state index is 13.1. The van der Waals surface area contributed by atoms with Crippen LogP contribution in [-0.2, 0) is 30.2 Å². The molecule has 41 heavy (non-hydrogen) atoms. The number of nitrogens with one attached hydrogen (secondary N) is 1. The van der Waals surface area contributed by atoms with Crippen LogP contribution in [0, 0.1) is 12.3 Å². The summed E-state index contributed by atoms with van der Waals surface area (Å²) in [5, 5.41) is 26.0. The molecule has 1 aliphatic rings. The van der Waals surface area contributed by atoms with Crippen LogP contribution >= 0.6 is 11.6 Å². The lowest BCUT2D eigenvalue weighted by atomic mass is 9.89. The molecule has 5 atom stereocenters. The smallest absolute Gasteiger partial charge is 0.346 e. The number of aromatic nitrogens is 3. The number of imidazole rings is 1. The fourth-order valence-corrected chi connectivity index (χ4v) is 4.99. The fourth-order valence-electron chi connectivity index (χ4n) is 4.80. The number of nitrogens with zero attached hydrogens (tertiary/aromatic N) is 3. The van der Waals surface area contributed by atoms with Gasteiger partial charge in [0.2, 0.25) is 5.60 Å². The van der Waals surface area contributed by atoms with E-state index in [0.717, 1.165) is 0 Å². The van der Waals surface area contributed by atoms with Gasteiger partial charge in [-0.1, -0.05) is 47.9 Å². The van der Waals surface area contributed by atoms with Crippen LogP contribution in [0.25, 0.3) is 11.2 Å². The molecule has 11 nitrogen and oxygen atoms in total. The Hall–Kier alpha value is -3.53. The van der Waals surface area contributed by atoms with Gasteiger partial charge in [-0.15, -0.1) is 6.42 Å². The highest BCUT2D eigenvalue weighted by atomic mass is 35.5. The molecule has 1 aliphatic heterocycles. The summed E-state index contributed by atoms with van der Waals surface area (Å²) in [7, 11) is 0. The Morgan fingerprint density at radius 1 is 1.34 bits per heavy atom. The first-order chi connectivity index (χ1) is 19.5. The molecule has 3 N–H and O–H groups in total. The van der Waals surface area contributed by atoms with Crippen LogP contribution in [0.3, 0.4) is 0 Å². The van der Waals surface area contributed by atoms with Gasteiger partial charge in [0, 0.05) is 18.5 Å². The van der Waals surface area contributed by atoms with Gasteiger partial charge >= 0.3 is 5.97 Å². The number of carbonyl (C=O) groups excluding carboxylic acids is 2. The summed E-state index contributed by atoms with van der Waals surface area (Å²) in [6, 6.07) is 10.5. The summed E-state index contributed by atoms with van der Waals surface area (Å²) in [6.45, 7) is 6.22. The number of anilines is 1. The summed E-state index contributed by atoms with van der Waals surface area (Å²) in [5.74, 6) is 0.709. The molecule has 3 aromatic rings. The van der Waals surface area contributed by atoms with E-state index in [1.165, 1.54) is 17.8 Å². The van der Waals surface area contributed by atoms with Crippen molar-refractivity contribution in [2.24, 2.45) is 0 Å². The number of terminal acetylenes is 1. The molecule has 218 valence electrons. The molecule has 1 aromatic carbocycles. The van der Waals surface area contributed by atoms with E-state index in [2.05, 4.69) is 21.2 Å². The summed E-state index contributed by atoms with van der Waals surface area (Å²) in [4.78, 5) is 34.9. The van der Waals surface area contributed by atoms with E-state index >= 15 is 0 Å². The van der Waals surface area contributed by atoms with Gasteiger partial charge in [0.25, 0.3) is 0 Å². The molecular weight excluding hydrogens is 552 g/mol. The van der Waals surface area contributed by atoms with Crippen molar-refractivity contribution in [1.82, 2.24) is 14.5 Å². The molecule has 0 aliphatic carbocycles. The largest absolute Gasteiger partial charge is 0.463 e. The van der Waals surface area contributed by atoms with Crippen LogP contribution in [0.4, 0.5) is 5.69 Å². The second kappa shape index (κ2) is 12.1. The highest BCUT2D eigenvalue weighted by molar-refractivity contribution is 6.30. The van der Waals surface area contributed by atoms with Crippen molar-refractivity contribution in [2.75, 3.05) is 18.5 Å². The number of carbonyl (C=O) groups is 2. The van der Waals surface area contributed by atoms with Gasteiger partial charge in [0.15, 0.2) is 23.3 Å². The number of hydrogen-bond donors (Lipinski definition) is 3. The predicted octanol–water partition coefficient (Wildman–Crippen LogP) is 2.68. The van der Waals surface area contributed by atoms with E-state index in [4.69, 9.17) is 32.2 Å². The molecule has 0 saturated carbocycles. The van der Waals surface area contributed by atoms with E-state index in [1.807, 2.05) is 13.8 Å². The molecule has 0 amide bonds. The summed E-state index contributed by atoms with van der Waals surface area (Å²) in [5.41, 5.74) is -2.30. The molecule has 0 radical (unpaired) electrons. The van der Waals surface area contributed by atoms with Crippen LogP contribution < -0.4 is 5.32 Å². The zero-order valence-corrected chi connectivity index (χ0v) is 24.0. The lowest BCUT2D eigenvalue weighted by Crippen LogP contribution is -2.54. The second-order valence-electron chi connectivity index (χ2n) is 10.1. The van der Waals surface area contributed by atoms with Crippen LogP contribution in [0.15, 0.2) is 42.7 Å². The van der Waals surface area contributed by atoms with E-state index in [0.29, 0.717) is 16.8 Å². The van der Waals surface area contributed by atoms with Crippen LogP contribution in [0.1, 0.15) is 39.5 Å². The molecule has 1 unspecified atom stereocenters. The minimum absolute atomic E-state index is 0.0118. The van der Waals surface area contributed by atoms with Crippen molar-refractivity contribution in [3.8, 4) is 12.3 Å². The third-order valence-electron chi connectivity index (χ3n) is 6.91. The maximum Gasteiger partial charge on any atom is 0.346 e. The average molecular weight is 585 g/mol. The summed E-state index contributed by atoms with van der Waals surface area (Å²) in [6.07, 6.45) is 2.67. The van der Waals surface area contributed by atoms with Gasteiger partial charge in [-0.05, 0) is 33.3 Å². The first kappa shape index (κ1) is 30.4. The average Bonchev–Trinajstić information content (AvgIpc) is 3.45. The number of ether oxygens (including phenoxy) is 3. The first-order valence-corrected chi connectivity index (χ1v) is 13.5. The molecule has 12 heteroatoms. The summed E-state index contributed by atoms with van der Waals surface area (Å²) < 4.78 is 18.7. The lowest BCUT2D eigenvalue weighted by molar-refractivity contribution is -0.184. The number of ketones is 1. The Morgan fingerprint density at radius 3 is 2.66 bits per heavy atom. The first-order valence-electron chi connectivity index (χ1n) is 13.2. The third-order valence-corrected chi connectivity index (χ3v) is 7.11. The van der Waals surface area contributed by atoms with Crippen molar-refractivity contribution in [1.29, 1.82) is 0 Å². The van der Waals surface area contributed by atoms with Gasteiger partial charge in [-0.3, -0.25) is 9.36 Å². The SMILES string of the molecule is C#C[C@@]1(O)[C@@H](COC(Cc2ccccc2)(C(C)=O)C(=O)OCC)O[C@@H](n2cnc3c(NC(C)C)cc(Cl)nc32)[C@@H]1O. The normalized spacial score (nSPS) is 23.7. The topological polar surface area (TPSA) is 145 Å². The Kier molecular flexibility index (Phi) is 9.01. The van der Waals surface area contributed by atoms with E-state index in [9.17, 15) is 19.8 Å². The van der Waals surface area contributed by atoms with Gasteiger partial charge in [-0.25, -0.2) is 14.8 Å². The number of Topliss-reactive ketones (excluding diaryl/α,β-unsaturated/α-hetero) is 1. The second-order valence-corrected chi connectivity index (χ2v) is 10.5. The van der Waals surface area contributed by atoms with Gasteiger partial charge in [0.05, 0.1) is 25.2 Å². The number of esters is 1. The molecule has 4 rings (SSSR count). The van der Waals surface area contributed by atoms with E-state index < -0.39 is 48.0 Å². The predicted molar refractivity (Wildman–Crippen MR) is 151 cm³/mol. The zero-order chi connectivity index (χ0) is 29.9. The number of aliphatic hydroxyl groups is 2. The third kappa shape index (κ3) is 5.80. The number of benzene rings is 1. The van der Waals surface area contributed by atoms with Gasteiger partial charge in [-0.2, -0.15) is 0 Å². The summed E-state index contributed by atoms with van der Waals surface area (Å²) >= 11 is 6.27. The van der Waals surface area contributed by atoms with Gasteiger partial charge < -0.3 is 29.7 Å². The van der Waals surface area contributed by atoms with Crippen LogP contribution in [0.2, 0.25) is 5.15 Å². The highest BCUT2D eigenvalue weighted by Gasteiger charge is 2.57. The Morgan fingerprint density at radius 2 is 2.05 bits per heavy atom. The Balaban J connectivity index is 1.68. The van der Waals surface area contributed by atoms with E-state index in [1.54, 1.807) is 43.3 Å². The number of fused-ring (bicyclic) bond motifs is 1. The van der Waals surface area contributed by atoms with Crippen molar-refractivity contribution in [3.05, 3.63) is 53.4 Å². The van der Waals surface area contributed by atoms with Crippen molar-refractivity contribution in [3.63, 3.8) is 0 Å². The number of rotatable bonds is 11. The fraction of sp³-hybridized carbons (Fsp3) is 0.448. The van der Waals surface area contributed by atoms with Gasteiger partial charge in [0.1, 0.15) is 22.9 Å². The van der Waals surface area contributed by atoms with Crippen LogP contribution in [0.5, 0.6) is 0 Å². The highest BCUT2D eigenvalue weighted by Crippen LogP contribution is 2.40. The van der Waals surface area contributed by atoms with Crippen molar-refractivity contribution >= 4 is 40.2 Å². The lowest BCUT2D eigenvalue weighted by Gasteiger charge is -2.32. The molecule has 1 fully saturated rings. The monoisotopic (exact) mass is 584 g/mol. The zero-order valence-electron chi connectivity index (χ0n) is 23.2. The minimum Gasteiger partial charge on any atom is -0.463 e. The number of halogens is 1. The molecule has 0 spiro atoms. The quantitative estimate of drug-likeness (QED) is 0.133. The number of pyridine rings is 1. The molecular formula is C29H33ClN4O7. The molecule has 2 aromatic heterocycles. The Labute approximate surface area is 242 Å². The van der Waals surface area contributed by atoms with Crippen molar-refractivity contribution < 1.29 is 34.0 Å². The minimum atomic E-state index is -2.26. The standard InChI is InChI=1S/C29H33ClN4O7/c1-6-28(38)21(15-40-29(18(5)35,27(37)39-7-2)14-19-11-9-8-10-12-19)41-26(24(28)36)34-16-31-23-20(32-17(3)4)13-22(30)33-25(23)34/h1,8-13,16-17,21,24,26,36,38H,7,14-15H2,2-5H3,(H,32,33)/t21-,24+,26-,28-,29?/m1/s1. The molecule has 3 heterocycles. The number of hydrogen-bond acceptors (Lipinski definition) is 10.